The van der Waals surface area contributed by atoms with Gasteiger partial charge in [0.1, 0.15) is 5.75 Å². The second-order valence-corrected chi connectivity index (χ2v) is 5.63. The topological polar surface area (TPSA) is 64.3 Å². The molecule has 0 spiro atoms. The number of carbonyl (C=O) groups excluding carboxylic acids is 1. The first kappa shape index (κ1) is 19.2. The summed E-state index contributed by atoms with van der Waals surface area (Å²) in [4.78, 5) is 11.9. The summed E-state index contributed by atoms with van der Waals surface area (Å²) >= 11 is 3.44. The van der Waals surface area contributed by atoms with E-state index in [2.05, 4.69) is 21.2 Å². The van der Waals surface area contributed by atoms with E-state index in [0.29, 0.717) is 0 Å². The molecular formula is C14H22BrClN2O2. The van der Waals surface area contributed by atoms with E-state index in [1.165, 1.54) is 0 Å². The molecular weight excluding hydrogens is 344 g/mol. The number of carbonyl (C=O) groups is 1. The Labute approximate surface area is 135 Å². The second kappa shape index (κ2) is 8.49. The Bertz CT molecular complexity index is 455. The molecule has 0 radical (unpaired) electrons. The van der Waals surface area contributed by atoms with Crippen LogP contribution in [-0.4, -0.2) is 19.1 Å². The summed E-state index contributed by atoms with van der Waals surface area (Å²) in [7, 11) is 1.62. The molecule has 0 fully saturated rings. The maximum absolute atomic E-state index is 11.9. The van der Waals surface area contributed by atoms with Crippen LogP contribution in [0.1, 0.15) is 32.4 Å². The van der Waals surface area contributed by atoms with E-state index in [4.69, 9.17) is 10.5 Å². The Morgan fingerprint density at radius 3 is 2.40 bits per heavy atom. The monoisotopic (exact) mass is 364 g/mol. The zero-order valence-corrected chi connectivity index (χ0v) is 14.5. The molecule has 1 amide bonds. The van der Waals surface area contributed by atoms with Crippen molar-refractivity contribution < 1.29 is 9.53 Å². The van der Waals surface area contributed by atoms with Gasteiger partial charge in [-0.05, 0) is 47.5 Å². The predicted molar refractivity (Wildman–Crippen MR) is 87.3 cm³/mol. The van der Waals surface area contributed by atoms with Gasteiger partial charge in [0.25, 0.3) is 0 Å². The quantitative estimate of drug-likeness (QED) is 0.843. The van der Waals surface area contributed by atoms with Crippen molar-refractivity contribution in [2.45, 2.75) is 32.9 Å². The molecule has 0 heterocycles. The van der Waals surface area contributed by atoms with Gasteiger partial charge in [0.05, 0.1) is 17.6 Å². The minimum atomic E-state index is -0.205. The molecule has 0 saturated carbocycles. The summed E-state index contributed by atoms with van der Waals surface area (Å²) in [5.74, 6) is 0.532. The number of benzene rings is 1. The van der Waals surface area contributed by atoms with Gasteiger partial charge in [0, 0.05) is 12.0 Å². The van der Waals surface area contributed by atoms with Crippen LogP contribution in [0.15, 0.2) is 22.7 Å². The van der Waals surface area contributed by atoms with Crippen molar-refractivity contribution in [3.63, 3.8) is 0 Å². The number of hydrogen-bond acceptors (Lipinski definition) is 3. The molecule has 0 aliphatic carbocycles. The van der Waals surface area contributed by atoms with E-state index < -0.39 is 0 Å². The Kier molecular flexibility index (Phi) is 8.16. The van der Waals surface area contributed by atoms with Crippen LogP contribution in [0.5, 0.6) is 5.75 Å². The van der Waals surface area contributed by atoms with Crippen molar-refractivity contribution >= 4 is 34.2 Å². The fourth-order valence-electron chi connectivity index (χ4n) is 1.62. The zero-order chi connectivity index (χ0) is 14.6. The van der Waals surface area contributed by atoms with Crippen LogP contribution in [-0.2, 0) is 4.79 Å². The molecule has 3 N–H and O–H groups in total. The third-order valence-corrected chi connectivity index (χ3v) is 3.86. The molecule has 1 rings (SSSR count). The lowest BCUT2D eigenvalue weighted by Gasteiger charge is -2.20. The minimum absolute atomic E-state index is 0. The first-order chi connectivity index (χ1) is 8.86. The van der Waals surface area contributed by atoms with Crippen molar-refractivity contribution in [3.05, 3.63) is 28.2 Å². The summed E-state index contributed by atoms with van der Waals surface area (Å²) < 4.78 is 6.05. The summed E-state index contributed by atoms with van der Waals surface area (Å²) in [6.07, 6.45) is 0. The first-order valence-corrected chi connectivity index (χ1v) is 7.05. The summed E-state index contributed by atoms with van der Waals surface area (Å²) in [6.45, 7) is 5.61. The van der Waals surface area contributed by atoms with Crippen LogP contribution in [0.25, 0.3) is 0 Å². The fraction of sp³-hybridized carbons (Fsp3) is 0.500. The van der Waals surface area contributed by atoms with Gasteiger partial charge in [-0.1, -0.05) is 13.0 Å². The Hall–Kier alpha value is -0.780. The Morgan fingerprint density at radius 1 is 1.35 bits per heavy atom. The SMILES string of the molecule is COc1ccc(C(C)NC(=O)C(C)C(C)N)cc1Br.Cl. The number of ether oxygens (including phenoxy) is 1. The van der Waals surface area contributed by atoms with E-state index in [1.54, 1.807) is 7.11 Å². The molecule has 6 heteroatoms. The van der Waals surface area contributed by atoms with Gasteiger partial charge in [0.15, 0.2) is 0 Å². The summed E-state index contributed by atoms with van der Waals surface area (Å²) in [5.41, 5.74) is 6.74. The molecule has 0 aliphatic rings. The van der Waals surface area contributed by atoms with E-state index in [9.17, 15) is 4.79 Å². The van der Waals surface area contributed by atoms with Gasteiger partial charge in [-0.25, -0.2) is 0 Å². The molecule has 20 heavy (non-hydrogen) atoms. The number of nitrogens with one attached hydrogen (secondary N) is 1. The van der Waals surface area contributed by atoms with Crippen molar-refractivity contribution in [2.24, 2.45) is 11.7 Å². The average molecular weight is 366 g/mol. The first-order valence-electron chi connectivity index (χ1n) is 6.26. The van der Waals surface area contributed by atoms with E-state index >= 15 is 0 Å². The molecule has 0 aromatic heterocycles. The molecule has 0 aliphatic heterocycles. The average Bonchev–Trinajstić information content (AvgIpc) is 2.37. The van der Waals surface area contributed by atoms with Gasteiger partial charge in [-0.2, -0.15) is 0 Å². The second-order valence-electron chi connectivity index (χ2n) is 4.77. The highest BCUT2D eigenvalue weighted by molar-refractivity contribution is 9.10. The highest BCUT2D eigenvalue weighted by atomic mass is 79.9. The minimum Gasteiger partial charge on any atom is -0.496 e. The molecule has 0 bridgehead atoms. The number of methoxy groups -OCH3 is 1. The lowest BCUT2D eigenvalue weighted by molar-refractivity contribution is -0.125. The number of amides is 1. The van der Waals surface area contributed by atoms with Crippen molar-refractivity contribution in [1.29, 1.82) is 0 Å². The highest BCUT2D eigenvalue weighted by Crippen LogP contribution is 2.28. The standard InChI is InChI=1S/C14H21BrN2O2.ClH/c1-8(9(2)16)14(18)17-10(3)11-5-6-13(19-4)12(15)7-11;/h5-10H,16H2,1-4H3,(H,17,18);1H. The van der Waals surface area contributed by atoms with Gasteiger partial charge in [-0.3, -0.25) is 4.79 Å². The lowest BCUT2D eigenvalue weighted by atomic mass is 10.0. The normalized spacial score (nSPS) is 14.7. The van der Waals surface area contributed by atoms with Gasteiger partial charge >= 0.3 is 0 Å². The number of nitrogens with two attached hydrogens (primary N) is 1. The number of halogens is 2. The van der Waals surface area contributed by atoms with Crippen molar-refractivity contribution in [3.8, 4) is 5.75 Å². The molecule has 114 valence electrons. The molecule has 3 unspecified atom stereocenters. The Morgan fingerprint density at radius 2 is 1.95 bits per heavy atom. The van der Waals surface area contributed by atoms with Crippen molar-refractivity contribution in [1.82, 2.24) is 5.32 Å². The molecule has 1 aromatic carbocycles. The molecule has 4 nitrogen and oxygen atoms in total. The van der Waals surface area contributed by atoms with Crippen LogP contribution < -0.4 is 15.8 Å². The van der Waals surface area contributed by atoms with E-state index in [0.717, 1.165) is 15.8 Å². The summed E-state index contributed by atoms with van der Waals surface area (Å²) in [6, 6.07) is 5.52. The molecule has 1 aromatic rings. The maximum Gasteiger partial charge on any atom is 0.224 e. The molecule has 3 atom stereocenters. The van der Waals surface area contributed by atoms with E-state index in [-0.39, 0.29) is 36.3 Å². The van der Waals surface area contributed by atoms with Gasteiger partial charge < -0.3 is 15.8 Å². The van der Waals surface area contributed by atoms with Gasteiger partial charge in [0.2, 0.25) is 5.91 Å². The Balaban J connectivity index is 0.00000361. The van der Waals surface area contributed by atoms with Crippen molar-refractivity contribution in [2.75, 3.05) is 7.11 Å². The summed E-state index contributed by atoms with van der Waals surface area (Å²) in [5, 5.41) is 2.96. The van der Waals surface area contributed by atoms with Crippen LogP contribution in [0.4, 0.5) is 0 Å². The predicted octanol–water partition coefficient (Wildman–Crippen LogP) is 3.04. The number of rotatable bonds is 5. The van der Waals surface area contributed by atoms with Gasteiger partial charge in [-0.15, -0.1) is 12.4 Å². The fourth-order valence-corrected chi connectivity index (χ4v) is 2.18. The third-order valence-electron chi connectivity index (χ3n) is 3.24. The number of hydrogen-bond donors (Lipinski definition) is 2. The largest absolute Gasteiger partial charge is 0.496 e. The van der Waals surface area contributed by atoms with Crippen LogP contribution in [0, 0.1) is 5.92 Å². The molecule has 0 saturated heterocycles. The zero-order valence-electron chi connectivity index (χ0n) is 12.1. The van der Waals surface area contributed by atoms with Crippen LogP contribution >= 0.6 is 28.3 Å². The third kappa shape index (κ3) is 4.96. The van der Waals surface area contributed by atoms with E-state index in [1.807, 2.05) is 39.0 Å². The highest BCUT2D eigenvalue weighted by Gasteiger charge is 2.19. The van der Waals surface area contributed by atoms with Crippen LogP contribution in [0.2, 0.25) is 0 Å². The maximum atomic E-state index is 11.9. The smallest absolute Gasteiger partial charge is 0.224 e. The van der Waals surface area contributed by atoms with Crippen LogP contribution in [0.3, 0.4) is 0 Å². The lowest BCUT2D eigenvalue weighted by Crippen LogP contribution is -2.39.